The third kappa shape index (κ3) is 3.58. The molecule has 0 saturated heterocycles. The molecule has 0 unspecified atom stereocenters. The van der Waals surface area contributed by atoms with Gasteiger partial charge in [0.1, 0.15) is 11.9 Å². The van der Waals surface area contributed by atoms with E-state index in [2.05, 4.69) is 0 Å². The topological polar surface area (TPSA) is 109 Å². The minimum Gasteiger partial charge on any atom is -0.479 e. The minimum absolute atomic E-state index is 0.126. The van der Waals surface area contributed by atoms with E-state index in [1.54, 1.807) is 17.6 Å². The number of hydrogen-bond donors (Lipinski definition) is 1. The monoisotopic (exact) mass is 460 g/mol. The van der Waals surface area contributed by atoms with Crippen LogP contribution in [-0.2, 0) is 9.47 Å². The van der Waals surface area contributed by atoms with E-state index in [9.17, 15) is 15.2 Å². The van der Waals surface area contributed by atoms with Gasteiger partial charge in [-0.2, -0.15) is 0 Å². The van der Waals surface area contributed by atoms with E-state index in [1.165, 1.54) is 18.2 Å². The normalized spacial score (nSPS) is 22.7. The lowest BCUT2D eigenvalue weighted by Gasteiger charge is -2.47. The molecular weight excluding hydrogens is 436 g/mol. The van der Waals surface area contributed by atoms with Gasteiger partial charge < -0.3 is 23.7 Å². The first kappa shape index (κ1) is 22.4. The van der Waals surface area contributed by atoms with Crippen LogP contribution in [0, 0.1) is 15.0 Å². The molecule has 0 bridgehead atoms. The highest BCUT2D eigenvalue weighted by Gasteiger charge is 2.54. The number of benzene rings is 2. The zero-order valence-electron chi connectivity index (χ0n) is 17.9. The number of oxazole rings is 1. The molecule has 1 aliphatic rings. The van der Waals surface area contributed by atoms with Crippen LogP contribution in [0.3, 0.4) is 0 Å². The summed E-state index contributed by atoms with van der Waals surface area (Å²) in [6.45, 7) is 6.00. The summed E-state index contributed by atoms with van der Waals surface area (Å²) >= 11 is 5.49. The van der Waals surface area contributed by atoms with Crippen LogP contribution in [0.2, 0.25) is 0 Å². The third-order valence-corrected chi connectivity index (χ3v) is 5.92. The molecule has 1 aliphatic heterocycles. The Labute approximate surface area is 189 Å². The van der Waals surface area contributed by atoms with Crippen LogP contribution in [0.15, 0.2) is 46.9 Å². The smallest absolute Gasteiger partial charge is 0.270 e. The molecule has 4 rings (SSSR count). The Balaban J connectivity index is 1.97. The molecule has 170 valence electrons. The number of para-hydroxylation sites is 2. The Kier molecular flexibility index (Phi) is 6.04. The minimum atomic E-state index is -1.34. The Morgan fingerprint density at radius 3 is 2.59 bits per heavy atom. The molecule has 9 nitrogen and oxygen atoms in total. The zero-order valence-corrected chi connectivity index (χ0v) is 18.7. The van der Waals surface area contributed by atoms with Crippen LogP contribution in [-0.4, -0.2) is 45.8 Å². The molecule has 0 aliphatic carbocycles. The number of fused-ring (bicyclic) bond motifs is 2. The van der Waals surface area contributed by atoms with Gasteiger partial charge in [-0.3, -0.25) is 14.7 Å². The van der Waals surface area contributed by atoms with Gasteiger partial charge in [-0.05, 0) is 51.2 Å². The van der Waals surface area contributed by atoms with Gasteiger partial charge in [0.25, 0.3) is 10.5 Å². The van der Waals surface area contributed by atoms with E-state index in [0.29, 0.717) is 35.6 Å². The van der Waals surface area contributed by atoms with Gasteiger partial charge in [0.15, 0.2) is 17.5 Å². The second-order valence-corrected chi connectivity index (χ2v) is 7.95. The first-order valence-corrected chi connectivity index (χ1v) is 10.7. The Hall–Kier alpha value is -2.79. The average molecular weight is 461 g/mol. The maximum absolute atomic E-state index is 11.7. The summed E-state index contributed by atoms with van der Waals surface area (Å²) in [5.41, 5.74) is 0.133. The van der Waals surface area contributed by atoms with Crippen molar-refractivity contribution >= 4 is 29.0 Å². The van der Waals surface area contributed by atoms with Gasteiger partial charge >= 0.3 is 0 Å². The summed E-state index contributed by atoms with van der Waals surface area (Å²) < 4.78 is 25.2. The first-order valence-electron chi connectivity index (χ1n) is 10.3. The quantitative estimate of drug-likeness (QED) is 0.240. The molecule has 1 N–H and O–H groups in total. The summed E-state index contributed by atoms with van der Waals surface area (Å²) in [5, 5.41) is 23.1. The van der Waals surface area contributed by atoms with E-state index >= 15 is 0 Å². The predicted molar refractivity (Wildman–Crippen MR) is 118 cm³/mol. The second kappa shape index (κ2) is 8.62. The average Bonchev–Trinajstić information content (AvgIpc) is 3.10. The Bertz CT molecular complexity index is 1200. The van der Waals surface area contributed by atoms with Crippen molar-refractivity contribution in [2.45, 2.75) is 44.8 Å². The van der Waals surface area contributed by atoms with Crippen LogP contribution in [0.25, 0.3) is 11.1 Å². The van der Waals surface area contributed by atoms with E-state index in [4.69, 9.17) is 30.8 Å². The SMILES string of the molecule is CCOC(OCC)[C@@]1(C)Oc2ccc([N+](=O)[O-])cc2[C@@H](n2c(=S)oc3ccccc32)[C@H]1O. The lowest BCUT2D eigenvalue weighted by molar-refractivity contribution is -0.385. The fourth-order valence-electron chi connectivity index (χ4n) is 4.15. The predicted octanol–water partition coefficient (Wildman–Crippen LogP) is 4.37. The van der Waals surface area contributed by atoms with Crippen molar-refractivity contribution in [2.24, 2.45) is 0 Å². The molecule has 0 saturated carbocycles. The number of rotatable bonds is 7. The first-order chi connectivity index (χ1) is 15.3. The number of ether oxygens (including phenoxy) is 3. The van der Waals surface area contributed by atoms with Crippen molar-refractivity contribution < 1.29 is 28.7 Å². The lowest BCUT2D eigenvalue weighted by atomic mass is 9.84. The van der Waals surface area contributed by atoms with Gasteiger partial charge in [0.05, 0.1) is 16.5 Å². The van der Waals surface area contributed by atoms with Gasteiger partial charge in [-0.15, -0.1) is 0 Å². The van der Waals surface area contributed by atoms with Crippen LogP contribution < -0.4 is 4.74 Å². The van der Waals surface area contributed by atoms with Gasteiger partial charge in [-0.1, -0.05) is 12.1 Å². The maximum Gasteiger partial charge on any atom is 0.270 e. The zero-order chi connectivity index (χ0) is 23.0. The van der Waals surface area contributed by atoms with Gasteiger partial charge in [0, 0.05) is 30.9 Å². The highest BCUT2D eigenvalue weighted by Crippen LogP contribution is 2.46. The van der Waals surface area contributed by atoms with Crippen molar-refractivity contribution in [1.29, 1.82) is 0 Å². The molecule has 1 aromatic heterocycles. The van der Waals surface area contributed by atoms with E-state index in [0.717, 1.165) is 0 Å². The van der Waals surface area contributed by atoms with E-state index < -0.39 is 29.0 Å². The standard InChI is InChI=1S/C22H24N2O7S/c1-4-28-20(29-5-2)22(3)19(25)18(14-12-13(24(26)27)10-11-16(14)31-22)23-15-8-6-7-9-17(15)30-21(23)32/h6-12,18-20,25H,4-5H2,1-3H3/t18-,19-,22+/m1/s1. The van der Waals surface area contributed by atoms with Crippen molar-refractivity contribution in [3.05, 3.63) is 63.0 Å². The molecule has 0 spiro atoms. The van der Waals surface area contributed by atoms with Crippen molar-refractivity contribution in [1.82, 2.24) is 4.57 Å². The van der Waals surface area contributed by atoms with E-state index in [-0.39, 0.29) is 10.5 Å². The van der Waals surface area contributed by atoms with Crippen molar-refractivity contribution in [3.63, 3.8) is 0 Å². The third-order valence-electron chi connectivity index (χ3n) is 5.64. The number of nitro benzene ring substituents is 1. The number of aromatic nitrogens is 1. The van der Waals surface area contributed by atoms with Crippen LogP contribution >= 0.6 is 12.2 Å². The highest BCUT2D eigenvalue weighted by molar-refractivity contribution is 7.71. The second-order valence-electron chi connectivity index (χ2n) is 7.60. The number of aliphatic hydroxyl groups excluding tert-OH is 1. The van der Waals surface area contributed by atoms with Gasteiger partial charge in [-0.25, -0.2) is 0 Å². The fraction of sp³-hybridized carbons (Fsp3) is 0.409. The summed E-state index contributed by atoms with van der Waals surface area (Å²) in [5.74, 6) is 0.366. The molecule has 0 radical (unpaired) electrons. The molecule has 3 aromatic rings. The molecule has 3 atom stereocenters. The van der Waals surface area contributed by atoms with Crippen molar-refractivity contribution in [3.8, 4) is 5.75 Å². The van der Waals surface area contributed by atoms with Crippen LogP contribution in [0.5, 0.6) is 5.75 Å². The molecule has 0 amide bonds. The summed E-state index contributed by atoms with van der Waals surface area (Å²) in [7, 11) is 0. The number of nitro groups is 1. The summed E-state index contributed by atoms with van der Waals surface area (Å²) in [4.78, 5) is 11.1. The van der Waals surface area contributed by atoms with E-state index in [1.807, 2.05) is 32.0 Å². The molecule has 0 fully saturated rings. The molecule has 2 heterocycles. The molecule has 2 aromatic carbocycles. The van der Waals surface area contributed by atoms with Crippen LogP contribution in [0.1, 0.15) is 32.4 Å². The number of aliphatic hydroxyl groups is 1. The molecular formula is C22H24N2O7S. The summed E-state index contributed by atoms with van der Waals surface area (Å²) in [6.07, 6.45) is -2.14. The molecule has 32 heavy (non-hydrogen) atoms. The maximum atomic E-state index is 11.7. The van der Waals surface area contributed by atoms with Crippen LogP contribution in [0.4, 0.5) is 5.69 Å². The Morgan fingerprint density at radius 2 is 1.94 bits per heavy atom. The fourth-order valence-corrected chi connectivity index (χ4v) is 4.45. The summed E-state index contributed by atoms with van der Waals surface area (Å²) in [6, 6.07) is 10.6. The van der Waals surface area contributed by atoms with Gasteiger partial charge in [0.2, 0.25) is 0 Å². The molecule has 10 heteroatoms. The number of non-ortho nitro benzene ring substituents is 1. The number of hydrogen-bond acceptors (Lipinski definition) is 8. The highest BCUT2D eigenvalue weighted by atomic mass is 32.1. The Morgan fingerprint density at radius 1 is 1.25 bits per heavy atom. The largest absolute Gasteiger partial charge is 0.479 e. The lowest BCUT2D eigenvalue weighted by Crippen LogP contribution is -2.61. The van der Waals surface area contributed by atoms with Crippen molar-refractivity contribution in [2.75, 3.05) is 13.2 Å². The number of nitrogens with zero attached hydrogens (tertiary/aromatic N) is 2.